The lowest BCUT2D eigenvalue weighted by atomic mass is 10.2. The zero-order valence-electron chi connectivity index (χ0n) is 8.39. The number of aryl methyl sites for hydroxylation is 1. The lowest BCUT2D eigenvalue weighted by Crippen LogP contribution is -2.22. The fourth-order valence-electron chi connectivity index (χ4n) is 1.24. The van der Waals surface area contributed by atoms with Gasteiger partial charge in [-0.3, -0.25) is 5.10 Å². The third-order valence-electron chi connectivity index (χ3n) is 1.89. The van der Waals surface area contributed by atoms with Gasteiger partial charge in [-0.25, -0.2) is 4.98 Å². The van der Waals surface area contributed by atoms with Crippen LogP contribution in [-0.2, 0) is 5.75 Å². The highest BCUT2D eigenvalue weighted by molar-refractivity contribution is 7.98. The Kier molecular flexibility index (Phi) is 2.95. The minimum atomic E-state index is -1.23. The third-order valence-corrected chi connectivity index (χ3v) is 2.76. The van der Waals surface area contributed by atoms with Gasteiger partial charge in [0.1, 0.15) is 17.8 Å². The zero-order valence-corrected chi connectivity index (χ0v) is 9.21. The second-order valence-corrected chi connectivity index (χ2v) is 4.02. The van der Waals surface area contributed by atoms with E-state index in [0.717, 1.165) is 0 Å². The highest BCUT2D eigenvalue weighted by Crippen LogP contribution is 2.23. The van der Waals surface area contributed by atoms with Crippen molar-refractivity contribution < 1.29 is 14.3 Å². The third kappa shape index (κ3) is 2.25. The number of carbonyl (C=O) groups is 1. The molecule has 0 amide bonds. The molecule has 6 nitrogen and oxygen atoms in total. The molecule has 84 valence electrons. The first-order chi connectivity index (χ1) is 7.66. The van der Waals surface area contributed by atoms with Crippen LogP contribution < -0.4 is 5.11 Å². The number of thioether (sulfide) groups is 1. The van der Waals surface area contributed by atoms with Gasteiger partial charge in [0.25, 0.3) is 0 Å². The number of H-pyrrole nitrogens is 1. The number of hydrogen-bond acceptors (Lipinski definition) is 6. The van der Waals surface area contributed by atoms with Crippen molar-refractivity contribution in [3.8, 4) is 0 Å². The smallest absolute Gasteiger partial charge is 0.183 e. The minimum Gasteiger partial charge on any atom is -0.545 e. The van der Waals surface area contributed by atoms with Crippen molar-refractivity contribution in [3.05, 3.63) is 29.5 Å². The maximum absolute atomic E-state index is 10.8. The molecular weight excluding hydrogens is 230 g/mol. The van der Waals surface area contributed by atoms with Gasteiger partial charge in [0.05, 0.1) is 11.7 Å². The molecule has 2 aromatic heterocycles. The predicted octanol–water partition coefficient (Wildman–Crippen LogP) is 0.362. The van der Waals surface area contributed by atoms with Gasteiger partial charge in [0.2, 0.25) is 0 Å². The molecule has 0 saturated carbocycles. The number of nitrogens with zero attached hydrogens (tertiary/aromatic N) is 2. The number of furan rings is 1. The minimum absolute atomic E-state index is 0.0875. The number of hydrogen-bond donors (Lipinski definition) is 1. The number of aromatic nitrogens is 3. The van der Waals surface area contributed by atoms with E-state index < -0.39 is 5.97 Å². The standard InChI is InChI=1S/C9H9N3O3S/c1-5-2-6(8(13)14)7(15-5)3-16-9-10-4-11-12-9/h2,4H,3H2,1H3,(H,13,14)(H,10,11,12)/p-1. The first kappa shape index (κ1) is 10.7. The summed E-state index contributed by atoms with van der Waals surface area (Å²) in [5.74, 6) is 0.0584. The molecule has 0 spiro atoms. The second kappa shape index (κ2) is 4.40. The molecule has 0 aliphatic heterocycles. The first-order valence-electron chi connectivity index (χ1n) is 4.45. The van der Waals surface area contributed by atoms with E-state index in [9.17, 15) is 9.90 Å². The Morgan fingerprint density at radius 1 is 1.69 bits per heavy atom. The van der Waals surface area contributed by atoms with Crippen LogP contribution in [0.2, 0.25) is 0 Å². The van der Waals surface area contributed by atoms with Crippen LogP contribution in [0.3, 0.4) is 0 Å². The van der Waals surface area contributed by atoms with Gasteiger partial charge in [-0.15, -0.1) is 0 Å². The van der Waals surface area contributed by atoms with Gasteiger partial charge >= 0.3 is 0 Å². The quantitative estimate of drug-likeness (QED) is 0.773. The molecule has 2 rings (SSSR count). The van der Waals surface area contributed by atoms with E-state index in [-0.39, 0.29) is 5.56 Å². The molecule has 0 bridgehead atoms. The average molecular weight is 238 g/mol. The molecule has 0 aromatic carbocycles. The van der Waals surface area contributed by atoms with Crippen LogP contribution in [0.4, 0.5) is 0 Å². The van der Waals surface area contributed by atoms with Crippen molar-refractivity contribution in [2.75, 3.05) is 0 Å². The van der Waals surface area contributed by atoms with E-state index in [2.05, 4.69) is 15.2 Å². The molecule has 0 aliphatic carbocycles. The highest BCUT2D eigenvalue weighted by Gasteiger charge is 2.11. The Labute approximate surface area is 95.1 Å². The summed E-state index contributed by atoms with van der Waals surface area (Å²) in [5.41, 5.74) is 0.0875. The first-order valence-corrected chi connectivity index (χ1v) is 5.44. The fourth-order valence-corrected chi connectivity index (χ4v) is 1.96. The van der Waals surface area contributed by atoms with Crippen molar-refractivity contribution >= 4 is 17.7 Å². The van der Waals surface area contributed by atoms with Crippen molar-refractivity contribution in [3.63, 3.8) is 0 Å². The Morgan fingerprint density at radius 2 is 2.50 bits per heavy atom. The summed E-state index contributed by atoms with van der Waals surface area (Å²) >= 11 is 1.31. The van der Waals surface area contributed by atoms with E-state index in [1.807, 2.05) is 0 Å². The SMILES string of the molecule is Cc1cc(C(=O)[O-])c(CSc2ncn[nH]2)o1. The second-order valence-electron chi connectivity index (χ2n) is 3.06. The van der Waals surface area contributed by atoms with Crippen LogP contribution in [0.5, 0.6) is 0 Å². The van der Waals surface area contributed by atoms with E-state index in [1.54, 1.807) is 6.92 Å². The fraction of sp³-hybridized carbons (Fsp3) is 0.222. The van der Waals surface area contributed by atoms with Crippen molar-refractivity contribution in [1.29, 1.82) is 0 Å². The number of carboxylic acids is 1. The summed E-state index contributed by atoms with van der Waals surface area (Å²) in [6.45, 7) is 1.69. The van der Waals surface area contributed by atoms with Crippen molar-refractivity contribution in [2.45, 2.75) is 17.8 Å². The number of rotatable bonds is 4. The Hall–Kier alpha value is -1.76. The molecule has 2 aromatic rings. The van der Waals surface area contributed by atoms with Gasteiger partial charge in [-0.1, -0.05) is 11.8 Å². The number of nitrogens with one attached hydrogen (secondary N) is 1. The summed E-state index contributed by atoms with van der Waals surface area (Å²) in [4.78, 5) is 14.7. The average Bonchev–Trinajstić information content (AvgIpc) is 2.83. The molecule has 7 heteroatoms. The molecule has 0 aliphatic rings. The number of carbonyl (C=O) groups excluding carboxylic acids is 1. The molecular formula is C9H8N3O3S-. The van der Waals surface area contributed by atoms with Gasteiger partial charge in [0.15, 0.2) is 5.16 Å². The Morgan fingerprint density at radius 3 is 3.12 bits per heavy atom. The molecule has 1 N–H and O–H groups in total. The van der Waals surface area contributed by atoms with E-state index >= 15 is 0 Å². The summed E-state index contributed by atoms with van der Waals surface area (Å²) in [5, 5.41) is 17.7. The largest absolute Gasteiger partial charge is 0.545 e. The van der Waals surface area contributed by atoms with Gasteiger partial charge in [0, 0.05) is 5.56 Å². The molecule has 0 fully saturated rings. The van der Waals surface area contributed by atoms with Crippen LogP contribution >= 0.6 is 11.8 Å². The van der Waals surface area contributed by atoms with Crippen LogP contribution in [-0.4, -0.2) is 21.2 Å². The van der Waals surface area contributed by atoms with Crippen LogP contribution in [0.15, 0.2) is 22.0 Å². The van der Waals surface area contributed by atoms with Crippen molar-refractivity contribution in [2.24, 2.45) is 0 Å². The van der Waals surface area contributed by atoms with E-state index in [0.29, 0.717) is 22.4 Å². The maximum Gasteiger partial charge on any atom is 0.183 e. The summed E-state index contributed by atoms with van der Waals surface area (Å²) in [6.07, 6.45) is 1.38. The monoisotopic (exact) mass is 238 g/mol. The summed E-state index contributed by atoms with van der Waals surface area (Å²) in [7, 11) is 0. The molecule has 0 saturated heterocycles. The molecule has 0 radical (unpaired) electrons. The number of aromatic carboxylic acids is 1. The van der Waals surface area contributed by atoms with Gasteiger partial charge in [-0.05, 0) is 13.0 Å². The molecule has 0 unspecified atom stereocenters. The number of aromatic amines is 1. The Bertz CT molecular complexity index is 492. The van der Waals surface area contributed by atoms with Gasteiger partial charge in [-0.2, -0.15) is 5.10 Å². The summed E-state index contributed by atoms with van der Waals surface area (Å²) < 4.78 is 5.27. The topological polar surface area (TPSA) is 94.8 Å². The lowest BCUT2D eigenvalue weighted by molar-refractivity contribution is -0.255. The van der Waals surface area contributed by atoms with E-state index in [1.165, 1.54) is 24.2 Å². The van der Waals surface area contributed by atoms with Crippen molar-refractivity contribution in [1.82, 2.24) is 15.2 Å². The molecule has 16 heavy (non-hydrogen) atoms. The van der Waals surface area contributed by atoms with Crippen LogP contribution in [0, 0.1) is 6.92 Å². The number of carboxylic acid groups (broad SMARTS) is 1. The molecule has 0 atom stereocenters. The zero-order chi connectivity index (χ0) is 11.5. The molecule has 2 heterocycles. The van der Waals surface area contributed by atoms with Gasteiger partial charge < -0.3 is 14.3 Å². The summed E-state index contributed by atoms with van der Waals surface area (Å²) in [6, 6.07) is 1.45. The lowest BCUT2D eigenvalue weighted by Gasteiger charge is -2.01. The van der Waals surface area contributed by atoms with Crippen LogP contribution in [0.25, 0.3) is 0 Å². The maximum atomic E-state index is 10.8. The predicted molar refractivity (Wildman–Crippen MR) is 53.7 cm³/mol. The highest BCUT2D eigenvalue weighted by atomic mass is 32.2. The normalized spacial score (nSPS) is 10.6. The van der Waals surface area contributed by atoms with Crippen LogP contribution in [0.1, 0.15) is 21.9 Å². The Balaban J connectivity index is 2.12. The van der Waals surface area contributed by atoms with E-state index in [4.69, 9.17) is 4.42 Å².